The van der Waals surface area contributed by atoms with Crippen molar-refractivity contribution in [1.29, 1.82) is 0 Å². The molecular formula is C29H28ClN3O5. The van der Waals surface area contributed by atoms with E-state index in [-0.39, 0.29) is 0 Å². The van der Waals surface area contributed by atoms with Crippen LogP contribution in [0, 0.1) is 13.8 Å². The van der Waals surface area contributed by atoms with Gasteiger partial charge in [-0.15, -0.1) is 5.10 Å². The minimum absolute atomic E-state index is 0.298. The largest absolute Gasteiger partial charge is 0.496 e. The van der Waals surface area contributed by atoms with Crippen LogP contribution in [0.3, 0.4) is 0 Å². The molecule has 0 aliphatic heterocycles. The summed E-state index contributed by atoms with van der Waals surface area (Å²) in [5.74, 6) is 1.66. The van der Waals surface area contributed by atoms with Crippen molar-refractivity contribution in [3.05, 3.63) is 87.7 Å². The van der Waals surface area contributed by atoms with Crippen LogP contribution in [0.1, 0.15) is 44.0 Å². The third kappa shape index (κ3) is 6.03. The van der Waals surface area contributed by atoms with E-state index in [0.29, 0.717) is 60.1 Å². The van der Waals surface area contributed by atoms with Crippen LogP contribution < -0.4 is 14.2 Å². The van der Waals surface area contributed by atoms with Gasteiger partial charge in [0.05, 0.1) is 30.5 Å². The van der Waals surface area contributed by atoms with E-state index in [9.17, 15) is 9.59 Å². The van der Waals surface area contributed by atoms with E-state index in [1.165, 1.54) is 13.2 Å². The molecule has 0 amide bonds. The molecule has 0 unspecified atom stereocenters. The number of carbonyl (C=O) groups excluding carboxylic acids is 2. The van der Waals surface area contributed by atoms with Crippen LogP contribution >= 0.6 is 11.6 Å². The highest BCUT2D eigenvalue weighted by Crippen LogP contribution is 2.35. The molecule has 0 saturated carbocycles. The number of nitrogens with zero attached hydrogens (tertiary/aromatic N) is 3. The number of ether oxygens (including phenoxy) is 3. The van der Waals surface area contributed by atoms with Gasteiger partial charge in [-0.05, 0) is 53.8 Å². The van der Waals surface area contributed by atoms with E-state index in [1.54, 1.807) is 16.9 Å². The molecule has 1 aromatic heterocycles. The van der Waals surface area contributed by atoms with Crippen molar-refractivity contribution in [1.82, 2.24) is 15.0 Å². The van der Waals surface area contributed by atoms with Crippen molar-refractivity contribution < 1.29 is 23.8 Å². The molecule has 8 nitrogen and oxygen atoms in total. The maximum atomic E-state index is 11.2. The smallest absolute Gasteiger partial charge is 0.171 e. The molecule has 9 heteroatoms. The Kier molecular flexibility index (Phi) is 8.76. The summed E-state index contributed by atoms with van der Waals surface area (Å²) in [6, 6.07) is 15.3. The number of halogens is 1. The molecule has 0 aliphatic rings. The first-order chi connectivity index (χ1) is 18.4. The number of hydrogen-bond acceptors (Lipinski definition) is 7. The highest BCUT2D eigenvalue weighted by Gasteiger charge is 2.14. The Labute approximate surface area is 226 Å². The third-order valence-corrected chi connectivity index (χ3v) is 6.58. The van der Waals surface area contributed by atoms with Crippen LogP contribution in [-0.4, -0.2) is 41.3 Å². The van der Waals surface area contributed by atoms with Gasteiger partial charge in [0.1, 0.15) is 29.5 Å². The fraction of sp³-hybridized carbons (Fsp3) is 0.241. The normalized spacial score (nSPS) is 10.7. The zero-order valence-corrected chi connectivity index (χ0v) is 22.2. The van der Waals surface area contributed by atoms with Crippen LogP contribution in [-0.2, 0) is 13.2 Å². The van der Waals surface area contributed by atoms with Crippen molar-refractivity contribution in [3.8, 4) is 28.4 Å². The van der Waals surface area contributed by atoms with Gasteiger partial charge in [0.15, 0.2) is 12.6 Å². The van der Waals surface area contributed by atoms with E-state index in [0.717, 1.165) is 40.0 Å². The lowest BCUT2D eigenvalue weighted by Crippen LogP contribution is -2.06. The lowest BCUT2D eigenvalue weighted by Gasteiger charge is -2.17. The van der Waals surface area contributed by atoms with E-state index < -0.39 is 0 Å². The quantitative estimate of drug-likeness (QED) is 0.165. The van der Waals surface area contributed by atoms with Crippen molar-refractivity contribution in [3.63, 3.8) is 0 Å². The summed E-state index contributed by atoms with van der Waals surface area (Å²) >= 11 is 6.33. The first kappa shape index (κ1) is 26.9. The Morgan fingerprint density at radius 1 is 0.921 bits per heavy atom. The van der Waals surface area contributed by atoms with Crippen LogP contribution in [0.5, 0.6) is 17.2 Å². The maximum Gasteiger partial charge on any atom is 0.171 e. The number of aryl methyl sites for hydroxylation is 1. The predicted molar refractivity (Wildman–Crippen MR) is 145 cm³/mol. The maximum absolute atomic E-state index is 11.2. The first-order valence-electron chi connectivity index (χ1n) is 12.1. The van der Waals surface area contributed by atoms with Crippen LogP contribution in [0.4, 0.5) is 0 Å². The Morgan fingerprint density at radius 2 is 1.68 bits per heavy atom. The highest BCUT2D eigenvalue weighted by atomic mass is 35.5. The molecule has 0 N–H and O–H groups in total. The molecule has 0 spiro atoms. The number of aldehydes is 2. The fourth-order valence-corrected chi connectivity index (χ4v) is 4.39. The van der Waals surface area contributed by atoms with E-state index in [4.69, 9.17) is 25.8 Å². The molecule has 3 aromatic carbocycles. The summed E-state index contributed by atoms with van der Waals surface area (Å²) < 4.78 is 19.0. The second-order valence-corrected chi connectivity index (χ2v) is 9.08. The standard InChI is InChI=1S/C29H28ClN3O5/c1-19-21(18-38-29-14-28(36-3)22(16-34)13-26(29)30)7-4-8-24(19)25-9-5-10-27(20(25)2)37-12-6-11-33-15-23(17-35)31-32-33/h4-5,7-10,13-17H,6,11-12,18H2,1-3H3. The molecule has 0 bridgehead atoms. The molecular weight excluding hydrogens is 506 g/mol. The molecule has 196 valence electrons. The van der Waals surface area contributed by atoms with Crippen molar-refractivity contribution in [2.75, 3.05) is 13.7 Å². The number of methoxy groups -OCH3 is 1. The SMILES string of the molecule is COc1cc(OCc2cccc(-c3cccc(OCCCn4cc(C=O)nn4)c3C)c2C)c(Cl)cc1C=O. The average molecular weight is 534 g/mol. The fourth-order valence-electron chi connectivity index (χ4n) is 4.16. The summed E-state index contributed by atoms with van der Waals surface area (Å²) in [6.07, 6.45) is 3.71. The van der Waals surface area contributed by atoms with Gasteiger partial charge in [0, 0.05) is 19.0 Å². The van der Waals surface area contributed by atoms with Crippen molar-refractivity contribution >= 4 is 24.2 Å². The molecule has 4 rings (SSSR count). The van der Waals surface area contributed by atoms with E-state index in [1.807, 2.05) is 31.2 Å². The minimum atomic E-state index is 0.298. The monoisotopic (exact) mass is 533 g/mol. The van der Waals surface area contributed by atoms with Gasteiger partial charge >= 0.3 is 0 Å². The van der Waals surface area contributed by atoms with Gasteiger partial charge in [-0.25, -0.2) is 0 Å². The Balaban J connectivity index is 1.46. The molecule has 0 aliphatic carbocycles. The van der Waals surface area contributed by atoms with E-state index in [2.05, 4.69) is 29.4 Å². The third-order valence-electron chi connectivity index (χ3n) is 6.28. The average Bonchev–Trinajstić information content (AvgIpc) is 3.40. The number of hydrogen-bond donors (Lipinski definition) is 0. The molecule has 0 radical (unpaired) electrons. The lowest BCUT2D eigenvalue weighted by molar-refractivity contribution is 0.111. The second-order valence-electron chi connectivity index (χ2n) is 8.68. The number of carbonyl (C=O) groups is 2. The minimum Gasteiger partial charge on any atom is -0.496 e. The summed E-state index contributed by atoms with van der Waals surface area (Å²) in [4.78, 5) is 22.0. The van der Waals surface area contributed by atoms with Gasteiger partial charge in [0.2, 0.25) is 0 Å². The van der Waals surface area contributed by atoms with Gasteiger partial charge in [-0.2, -0.15) is 0 Å². The Bertz CT molecular complexity index is 1450. The van der Waals surface area contributed by atoms with Crippen LogP contribution in [0.15, 0.2) is 54.7 Å². The summed E-state index contributed by atoms with van der Waals surface area (Å²) in [5, 5.41) is 8.03. The summed E-state index contributed by atoms with van der Waals surface area (Å²) in [6.45, 7) is 5.51. The summed E-state index contributed by atoms with van der Waals surface area (Å²) in [5.41, 5.74) is 5.96. The van der Waals surface area contributed by atoms with Crippen LogP contribution in [0.2, 0.25) is 5.02 Å². The zero-order valence-electron chi connectivity index (χ0n) is 21.4. The molecule has 0 saturated heterocycles. The molecule has 38 heavy (non-hydrogen) atoms. The molecule has 4 aromatic rings. The molecule has 1 heterocycles. The van der Waals surface area contributed by atoms with Gasteiger partial charge in [-0.3, -0.25) is 14.3 Å². The van der Waals surface area contributed by atoms with E-state index >= 15 is 0 Å². The van der Waals surface area contributed by atoms with Gasteiger partial charge < -0.3 is 14.2 Å². The van der Waals surface area contributed by atoms with Crippen molar-refractivity contribution in [2.45, 2.75) is 33.4 Å². The Morgan fingerprint density at radius 3 is 2.39 bits per heavy atom. The van der Waals surface area contributed by atoms with Crippen molar-refractivity contribution in [2.24, 2.45) is 0 Å². The zero-order chi connectivity index (χ0) is 27.1. The number of rotatable bonds is 12. The first-order valence-corrected chi connectivity index (χ1v) is 12.4. The lowest BCUT2D eigenvalue weighted by atomic mass is 9.93. The number of benzene rings is 3. The molecule has 0 atom stereocenters. The second kappa shape index (κ2) is 12.4. The molecule has 0 fully saturated rings. The number of aromatic nitrogens is 3. The summed E-state index contributed by atoms with van der Waals surface area (Å²) in [7, 11) is 1.50. The van der Waals surface area contributed by atoms with Crippen LogP contribution in [0.25, 0.3) is 11.1 Å². The van der Waals surface area contributed by atoms with Gasteiger partial charge in [-0.1, -0.05) is 47.1 Å². The Hall–Kier alpha value is -4.17. The predicted octanol–water partition coefficient (Wildman–Crippen LogP) is 5.90. The topological polar surface area (TPSA) is 92.5 Å². The highest BCUT2D eigenvalue weighted by molar-refractivity contribution is 6.32. The van der Waals surface area contributed by atoms with Gasteiger partial charge in [0.25, 0.3) is 0 Å².